The number of ketones is 1. The molecule has 1 fully saturated rings. The summed E-state index contributed by atoms with van der Waals surface area (Å²) in [5.41, 5.74) is 8.99. The van der Waals surface area contributed by atoms with Crippen molar-refractivity contribution in [3.63, 3.8) is 0 Å². The molecule has 8 nitrogen and oxygen atoms in total. The van der Waals surface area contributed by atoms with E-state index in [0.717, 1.165) is 69.0 Å². The molecule has 0 bridgehead atoms. The quantitative estimate of drug-likeness (QED) is 0.309. The molecule has 3 aromatic rings. The minimum Gasteiger partial charge on any atom is -0.488 e. The molecular formula is C34H40N4O4. The van der Waals surface area contributed by atoms with Crippen LogP contribution in [0, 0.1) is 6.92 Å². The summed E-state index contributed by atoms with van der Waals surface area (Å²) in [5, 5.41) is 4.43. The van der Waals surface area contributed by atoms with Crippen molar-refractivity contribution < 1.29 is 19.0 Å². The molecule has 220 valence electrons. The third-order valence-electron chi connectivity index (χ3n) is 8.75. The van der Waals surface area contributed by atoms with Gasteiger partial charge in [-0.1, -0.05) is 24.3 Å². The van der Waals surface area contributed by atoms with E-state index in [1.807, 2.05) is 25.1 Å². The van der Waals surface area contributed by atoms with Gasteiger partial charge < -0.3 is 14.2 Å². The average Bonchev–Trinajstić information content (AvgIpc) is 3.27. The number of benzene rings is 1. The van der Waals surface area contributed by atoms with Gasteiger partial charge in [-0.2, -0.15) is 9.78 Å². The lowest BCUT2D eigenvalue weighted by Gasteiger charge is -2.36. The molecule has 0 spiro atoms. The first-order valence-corrected chi connectivity index (χ1v) is 15.1. The smallest absolute Gasteiger partial charge is 0.229 e. The number of carbonyl (C=O) groups excluding carboxylic acids is 1. The number of Topliss-reactive ketones (excluding diaryl/α,β-unsaturated/α-hetero) is 1. The highest BCUT2D eigenvalue weighted by atomic mass is 16.5. The molecule has 4 heterocycles. The van der Waals surface area contributed by atoms with Crippen molar-refractivity contribution in [3.8, 4) is 11.7 Å². The van der Waals surface area contributed by atoms with Gasteiger partial charge in [-0.25, -0.2) is 4.98 Å². The number of carbonyl (C=O) groups is 1. The average molecular weight is 569 g/mol. The molecule has 0 unspecified atom stereocenters. The molecule has 2 aliphatic heterocycles. The predicted octanol–water partition coefficient (Wildman–Crippen LogP) is 5.64. The summed E-state index contributed by atoms with van der Waals surface area (Å²) >= 11 is 0. The Balaban J connectivity index is 1.23. The van der Waals surface area contributed by atoms with Gasteiger partial charge in [0, 0.05) is 18.7 Å². The topological polar surface area (TPSA) is 78.7 Å². The Labute approximate surface area is 248 Å². The second-order valence-electron chi connectivity index (χ2n) is 11.4. The Morgan fingerprint density at radius 1 is 1.07 bits per heavy atom. The fraction of sp³-hybridized carbons (Fsp3) is 0.441. The second-order valence-corrected chi connectivity index (χ2v) is 11.4. The summed E-state index contributed by atoms with van der Waals surface area (Å²) in [6, 6.07) is 11.0. The first-order valence-electron chi connectivity index (χ1n) is 15.1. The van der Waals surface area contributed by atoms with Gasteiger partial charge in [0.2, 0.25) is 5.88 Å². The van der Waals surface area contributed by atoms with E-state index in [2.05, 4.69) is 42.1 Å². The predicted molar refractivity (Wildman–Crippen MR) is 162 cm³/mol. The van der Waals surface area contributed by atoms with E-state index in [4.69, 9.17) is 19.2 Å². The van der Waals surface area contributed by atoms with E-state index in [1.165, 1.54) is 34.8 Å². The van der Waals surface area contributed by atoms with Crippen LogP contribution in [-0.4, -0.2) is 64.4 Å². The highest BCUT2D eigenvalue weighted by Gasteiger charge is 2.28. The van der Waals surface area contributed by atoms with Gasteiger partial charge in [0.05, 0.1) is 43.3 Å². The van der Waals surface area contributed by atoms with Crippen molar-refractivity contribution in [1.29, 1.82) is 0 Å². The molecule has 42 heavy (non-hydrogen) atoms. The van der Waals surface area contributed by atoms with Gasteiger partial charge in [0.15, 0.2) is 11.6 Å². The SMILES string of the molecule is CCOc1c(C(C)=O)cnn1-c1cccc(C2=CCCC(C)=C2OCc2ccc3c(c2C)CCN(C2COC2)CC3)n1. The van der Waals surface area contributed by atoms with Gasteiger partial charge in [-0.3, -0.25) is 9.69 Å². The molecule has 8 heteroatoms. The van der Waals surface area contributed by atoms with Crippen molar-refractivity contribution in [1.82, 2.24) is 19.7 Å². The van der Waals surface area contributed by atoms with Crippen molar-refractivity contribution in [2.45, 2.75) is 66.0 Å². The highest BCUT2D eigenvalue weighted by molar-refractivity contribution is 5.96. The molecular weight excluding hydrogens is 528 g/mol. The number of hydrogen-bond acceptors (Lipinski definition) is 7. The lowest BCUT2D eigenvalue weighted by molar-refractivity contribution is -0.0634. The molecule has 0 radical (unpaired) electrons. The van der Waals surface area contributed by atoms with E-state index in [0.29, 0.717) is 36.5 Å². The number of pyridine rings is 1. The van der Waals surface area contributed by atoms with E-state index in [-0.39, 0.29) is 5.78 Å². The van der Waals surface area contributed by atoms with Crippen LogP contribution in [0.15, 0.2) is 53.9 Å². The van der Waals surface area contributed by atoms with Gasteiger partial charge in [-0.15, -0.1) is 0 Å². The number of ether oxygens (including phenoxy) is 3. The van der Waals surface area contributed by atoms with Crippen LogP contribution < -0.4 is 4.74 Å². The van der Waals surface area contributed by atoms with E-state index >= 15 is 0 Å². The van der Waals surface area contributed by atoms with Gasteiger partial charge >= 0.3 is 0 Å². The normalized spacial score (nSPS) is 17.8. The zero-order chi connectivity index (χ0) is 29.2. The first-order chi connectivity index (χ1) is 20.4. The first kappa shape index (κ1) is 28.4. The van der Waals surface area contributed by atoms with Crippen LogP contribution in [0.4, 0.5) is 0 Å². The number of nitrogens with zero attached hydrogens (tertiary/aromatic N) is 4. The number of hydrogen-bond donors (Lipinski definition) is 0. The molecule has 2 aromatic heterocycles. The molecule has 0 N–H and O–H groups in total. The van der Waals surface area contributed by atoms with Crippen LogP contribution in [0.3, 0.4) is 0 Å². The van der Waals surface area contributed by atoms with Crippen LogP contribution >= 0.6 is 0 Å². The molecule has 0 amide bonds. The van der Waals surface area contributed by atoms with Crippen LogP contribution in [0.2, 0.25) is 0 Å². The fourth-order valence-electron chi connectivity index (χ4n) is 6.18. The summed E-state index contributed by atoms with van der Waals surface area (Å²) in [7, 11) is 0. The van der Waals surface area contributed by atoms with E-state index < -0.39 is 0 Å². The van der Waals surface area contributed by atoms with Crippen molar-refractivity contribution in [3.05, 3.63) is 87.4 Å². The Morgan fingerprint density at radius 2 is 1.90 bits per heavy atom. The standard InChI is InChI=1S/C34H40N4O4/c1-5-41-34-30(24(4)39)18-35-38(34)32-11-7-10-31(36-32)29-9-6-8-22(2)33(29)42-19-26-13-12-25-14-16-37(27-20-40-21-27)17-15-28(25)23(26)3/h7,9-13,18,27H,5-6,8,14-17,19-21H2,1-4H3. The second kappa shape index (κ2) is 12.2. The number of aromatic nitrogens is 3. The van der Waals surface area contributed by atoms with Crippen LogP contribution in [0.5, 0.6) is 5.88 Å². The molecule has 0 saturated carbocycles. The molecule has 0 atom stereocenters. The molecule has 6 rings (SSSR count). The lowest BCUT2D eigenvalue weighted by atomic mass is 9.93. The third kappa shape index (κ3) is 5.53. The third-order valence-corrected chi connectivity index (χ3v) is 8.75. The summed E-state index contributed by atoms with van der Waals surface area (Å²) in [6.07, 6.45) is 7.80. The minimum atomic E-state index is -0.0940. The summed E-state index contributed by atoms with van der Waals surface area (Å²) in [6.45, 7) is 12.7. The van der Waals surface area contributed by atoms with E-state index in [1.54, 1.807) is 10.9 Å². The maximum absolute atomic E-state index is 12.2. The molecule has 3 aliphatic rings. The number of allylic oxidation sites excluding steroid dienone is 3. The summed E-state index contributed by atoms with van der Waals surface area (Å²) in [4.78, 5) is 19.7. The molecule has 1 aliphatic carbocycles. The Kier molecular flexibility index (Phi) is 8.27. The van der Waals surface area contributed by atoms with Crippen molar-refractivity contribution >= 4 is 11.4 Å². The van der Waals surface area contributed by atoms with Gasteiger partial charge in [0.1, 0.15) is 12.4 Å². The summed E-state index contributed by atoms with van der Waals surface area (Å²) in [5.74, 6) is 1.81. The lowest BCUT2D eigenvalue weighted by Crippen LogP contribution is -2.49. The van der Waals surface area contributed by atoms with Crippen molar-refractivity contribution in [2.24, 2.45) is 0 Å². The maximum Gasteiger partial charge on any atom is 0.229 e. The Morgan fingerprint density at radius 3 is 2.67 bits per heavy atom. The zero-order valence-corrected chi connectivity index (χ0v) is 25.1. The number of fused-ring (bicyclic) bond motifs is 1. The highest BCUT2D eigenvalue weighted by Crippen LogP contribution is 2.35. The van der Waals surface area contributed by atoms with Crippen LogP contribution in [0.25, 0.3) is 11.4 Å². The summed E-state index contributed by atoms with van der Waals surface area (Å²) < 4.78 is 19.5. The van der Waals surface area contributed by atoms with Crippen molar-refractivity contribution in [2.75, 3.05) is 32.9 Å². The zero-order valence-electron chi connectivity index (χ0n) is 25.1. The Hall–Kier alpha value is -3.75. The minimum absolute atomic E-state index is 0.0940. The fourth-order valence-corrected chi connectivity index (χ4v) is 6.18. The van der Waals surface area contributed by atoms with Crippen LogP contribution in [0.1, 0.15) is 71.9 Å². The maximum atomic E-state index is 12.2. The molecule has 1 saturated heterocycles. The van der Waals surface area contributed by atoms with Gasteiger partial charge in [-0.05, 0) is 93.3 Å². The largest absolute Gasteiger partial charge is 0.488 e. The Bertz CT molecular complexity index is 1550. The number of rotatable bonds is 9. The molecule has 1 aromatic carbocycles. The van der Waals surface area contributed by atoms with Gasteiger partial charge in [0.25, 0.3) is 0 Å². The van der Waals surface area contributed by atoms with Crippen LogP contribution in [-0.2, 0) is 28.9 Å². The van der Waals surface area contributed by atoms with E-state index in [9.17, 15) is 4.79 Å². The monoisotopic (exact) mass is 568 g/mol.